The zero-order valence-electron chi connectivity index (χ0n) is 10.4. The highest BCUT2D eigenvalue weighted by Crippen LogP contribution is 2.00. The molecule has 2 rings (SSSR count). The molecule has 2 heterocycles. The fraction of sp³-hybridized carbons (Fsp3) is 0.500. The SMILES string of the molecule is CCCNCc1ccn(Cc2ccn(C)n2)n1. The van der Waals surface area contributed by atoms with Gasteiger partial charge >= 0.3 is 0 Å². The Kier molecular flexibility index (Phi) is 3.93. The lowest BCUT2D eigenvalue weighted by Crippen LogP contribution is -2.14. The quantitative estimate of drug-likeness (QED) is 0.762. The van der Waals surface area contributed by atoms with Crippen molar-refractivity contribution in [1.82, 2.24) is 24.9 Å². The first-order valence-electron chi connectivity index (χ1n) is 5.99. The van der Waals surface area contributed by atoms with E-state index in [4.69, 9.17) is 0 Å². The van der Waals surface area contributed by atoms with Crippen molar-refractivity contribution in [3.8, 4) is 0 Å². The van der Waals surface area contributed by atoms with Crippen LogP contribution in [0.3, 0.4) is 0 Å². The molecule has 0 saturated carbocycles. The van der Waals surface area contributed by atoms with E-state index >= 15 is 0 Å². The smallest absolute Gasteiger partial charge is 0.0849 e. The zero-order valence-corrected chi connectivity index (χ0v) is 10.4. The highest BCUT2D eigenvalue weighted by Gasteiger charge is 2.01. The number of nitrogens with one attached hydrogen (secondary N) is 1. The third kappa shape index (κ3) is 3.42. The molecule has 0 amide bonds. The van der Waals surface area contributed by atoms with Crippen LogP contribution in [-0.4, -0.2) is 26.1 Å². The Hall–Kier alpha value is -1.62. The lowest BCUT2D eigenvalue weighted by molar-refractivity contribution is 0.616. The van der Waals surface area contributed by atoms with Gasteiger partial charge in [0.05, 0.1) is 17.9 Å². The number of aromatic nitrogens is 4. The molecule has 0 aliphatic rings. The maximum atomic E-state index is 4.49. The molecule has 0 spiro atoms. The van der Waals surface area contributed by atoms with Crippen LogP contribution in [0, 0.1) is 0 Å². The van der Waals surface area contributed by atoms with Gasteiger partial charge in [-0.2, -0.15) is 10.2 Å². The van der Waals surface area contributed by atoms with E-state index in [2.05, 4.69) is 22.4 Å². The molecule has 0 unspecified atom stereocenters. The van der Waals surface area contributed by atoms with Gasteiger partial charge in [-0.1, -0.05) is 6.92 Å². The molecule has 2 aromatic rings. The average molecular weight is 233 g/mol. The minimum absolute atomic E-state index is 0.731. The second-order valence-electron chi connectivity index (χ2n) is 4.16. The molecule has 0 saturated heterocycles. The summed E-state index contributed by atoms with van der Waals surface area (Å²) in [5.41, 5.74) is 2.11. The molecule has 0 radical (unpaired) electrons. The third-order valence-corrected chi connectivity index (χ3v) is 2.52. The first-order chi connectivity index (χ1) is 8.28. The second kappa shape index (κ2) is 5.63. The van der Waals surface area contributed by atoms with Gasteiger partial charge in [0.15, 0.2) is 0 Å². The van der Waals surface area contributed by atoms with Crippen LogP contribution < -0.4 is 5.32 Å². The molecule has 92 valence electrons. The van der Waals surface area contributed by atoms with Crippen molar-refractivity contribution in [2.45, 2.75) is 26.4 Å². The van der Waals surface area contributed by atoms with Gasteiger partial charge in [0, 0.05) is 26.0 Å². The van der Waals surface area contributed by atoms with Gasteiger partial charge < -0.3 is 5.32 Å². The Labute approximate surface area is 101 Å². The molecular weight excluding hydrogens is 214 g/mol. The molecule has 17 heavy (non-hydrogen) atoms. The summed E-state index contributed by atoms with van der Waals surface area (Å²) in [5.74, 6) is 0. The molecule has 0 fully saturated rings. The van der Waals surface area contributed by atoms with E-state index in [1.165, 1.54) is 0 Å². The van der Waals surface area contributed by atoms with Crippen LogP contribution in [0.1, 0.15) is 24.7 Å². The highest BCUT2D eigenvalue weighted by molar-refractivity contribution is 5.03. The predicted molar refractivity (Wildman–Crippen MR) is 66.5 cm³/mol. The second-order valence-corrected chi connectivity index (χ2v) is 4.16. The maximum Gasteiger partial charge on any atom is 0.0849 e. The van der Waals surface area contributed by atoms with Gasteiger partial charge in [-0.25, -0.2) is 0 Å². The van der Waals surface area contributed by atoms with Crippen LogP contribution in [-0.2, 0) is 20.1 Å². The molecule has 1 N–H and O–H groups in total. The van der Waals surface area contributed by atoms with Crippen molar-refractivity contribution in [3.63, 3.8) is 0 Å². The standard InChI is InChI=1S/C12H19N5/c1-3-6-13-9-11-5-8-17(15-11)10-12-4-7-16(2)14-12/h4-5,7-8,13H,3,6,9-10H2,1-2H3. The van der Waals surface area contributed by atoms with Crippen molar-refractivity contribution < 1.29 is 0 Å². The van der Waals surface area contributed by atoms with Gasteiger partial charge in [0.2, 0.25) is 0 Å². The minimum atomic E-state index is 0.731. The monoisotopic (exact) mass is 233 g/mol. The topological polar surface area (TPSA) is 47.7 Å². The molecular formula is C12H19N5. The Morgan fingerprint density at radius 2 is 2.00 bits per heavy atom. The van der Waals surface area contributed by atoms with E-state index in [1.54, 1.807) is 0 Å². The van der Waals surface area contributed by atoms with Gasteiger partial charge in [0.25, 0.3) is 0 Å². The van der Waals surface area contributed by atoms with E-state index < -0.39 is 0 Å². The number of nitrogens with zero attached hydrogens (tertiary/aromatic N) is 4. The molecule has 0 bridgehead atoms. The Morgan fingerprint density at radius 3 is 2.71 bits per heavy atom. The van der Waals surface area contributed by atoms with Gasteiger partial charge in [-0.15, -0.1) is 0 Å². The summed E-state index contributed by atoms with van der Waals surface area (Å²) < 4.78 is 3.73. The molecule has 0 aliphatic carbocycles. The van der Waals surface area contributed by atoms with Crippen LogP contribution in [0.15, 0.2) is 24.5 Å². The molecule has 2 aromatic heterocycles. The van der Waals surface area contributed by atoms with Crippen molar-refractivity contribution >= 4 is 0 Å². The highest BCUT2D eigenvalue weighted by atomic mass is 15.3. The fourth-order valence-corrected chi connectivity index (χ4v) is 1.69. The largest absolute Gasteiger partial charge is 0.311 e. The summed E-state index contributed by atoms with van der Waals surface area (Å²) in [6.07, 6.45) is 5.09. The van der Waals surface area contributed by atoms with Crippen molar-refractivity contribution in [2.24, 2.45) is 7.05 Å². The summed E-state index contributed by atoms with van der Waals surface area (Å²) in [7, 11) is 1.92. The summed E-state index contributed by atoms with van der Waals surface area (Å²) >= 11 is 0. The summed E-state index contributed by atoms with van der Waals surface area (Å²) in [6, 6.07) is 4.06. The van der Waals surface area contributed by atoms with Crippen LogP contribution in [0.5, 0.6) is 0 Å². The van der Waals surface area contributed by atoms with Crippen LogP contribution in [0.2, 0.25) is 0 Å². The van der Waals surface area contributed by atoms with Gasteiger partial charge in [0.1, 0.15) is 0 Å². The van der Waals surface area contributed by atoms with E-state index in [9.17, 15) is 0 Å². The first kappa shape index (κ1) is 11.9. The Balaban J connectivity index is 1.89. The summed E-state index contributed by atoms with van der Waals surface area (Å²) in [6.45, 7) is 4.76. The van der Waals surface area contributed by atoms with Crippen LogP contribution in [0.25, 0.3) is 0 Å². The summed E-state index contributed by atoms with van der Waals surface area (Å²) in [5, 5.41) is 12.2. The van der Waals surface area contributed by atoms with Crippen LogP contribution >= 0.6 is 0 Å². The zero-order chi connectivity index (χ0) is 12.1. The average Bonchev–Trinajstić information content (AvgIpc) is 2.90. The molecule has 0 aromatic carbocycles. The van der Waals surface area contributed by atoms with Gasteiger partial charge in [-0.3, -0.25) is 9.36 Å². The molecule has 5 heteroatoms. The van der Waals surface area contributed by atoms with Crippen LogP contribution in [0.4, 0.5) is 0 Å². The lowest BCUT2D eigenvalue weighted by atomic mass is 10.4. The Bertz CT molecular complexity index is 457. The van der Waals surface area contributed by atoms with Crippen molar-refractivity contribution in [1.29, 1.82) is 0 Å². The minimum Gasteiger partial charge on any atom is -0.311 e. The normalized spacial score (nSPS) is 10.9. The predicted octanol–water partition coefficient (Wildman–Crippen LogP) is 1.16. The van der Waals surface area contributed by atoms with E-state index in [-0.39, 0.29) is 0 Å². The molecule has 5 nitrogen and oxygen atoms in total. The van der Waals surface area contributed by atoms with E-state index in [1.807, 2.05) is 40.9 Å². The molecule has 0 aliphatic heterocycles. The Morgan fingerprint density at radius 1 is 1.18 bits per heavy atom. The number of rotatable bonds is 6. The number of aryl methyl sites for hydroxylation is 1. The number of hydrogen-bond donors (Lipinski definition) is 1. The maximum absolute atomic E-state index is 4.49. The van der Waals surface area contributed by atoms with E-state index in [0.717, 1.165) is 37.4 Å². The van der Waals surface area contributed by atoms with Crippen molar-refractivity contribution in [3.05, 3.63) is 35.9 Å². The lowest BCUT2D eigenvalue weighted by Gasteiger charge is -1.99. The molecule has 0 atom stereocenters. The van der Waals surface area contributed by atoms with Gasteiger partial charge in [-0.05, 0) is 25.1 Å². The first-order valence-corrected chi connectivity index (χ1v) is 5.99. The van der Waals surface area contributed by atoms with Crippen molar-refractivity contribution in [2.75, 3.05) is 6.54 Å². The number of hydrogen-bond acceptors (Lipinski definition) is 3. The van der Waals surface area contributed by atoms with E-state index in [0.29, 0.717) is 0 Å². The summed E-state index contributed by atoms with van der Waals surface area (Å²) in [4.78, 5) is 0. The third-order valence-electron chi connectivity index (χ3n) is 2.52. The fourth-order valence-electron chi connectivity index (χ4n) is 1.69.